The van der Waals surface area contributed by atoms with Crippen LogP contribution in [0, 0.1) is 5.92 Å². The Bertz CT molecular complexity index is 618. The smallest absolute Gasteiger partial charge is 0.351 e. The van der Waals surface area contributed by atoms with Crippen LogP contribution in [0.25, 0.3) is 0 Å². The fourth-order valence-electron chi connectivity index (χ4n) is 3.52. The number of anilines is 1. The molecule has 3 rings (SSSR count). The van der Waals surface area contributed by atoms with Crippen molar-refractivity contribution in [1.29, 1.82) is 0 Å². The van der Waals surface area contributed by atoms with E-state index in [-0.39, 0.29) is 6.61 Å². The molecule has 0 spiro atoms. The average Bonchev–Trinajstić information content (AvgIpc) is 2.90. The highest BCUT2D eigenvalue weighted by Crippen LogP contribution is 2.28. The molecule has 1 aliphatic heterocycles. The second-order valence-electron chi connectivity index (χ2n) is 6.73. The van der Waals surface area contributed by atoms with Gasteiger partial charge in [-0.25, -0.2) is 9.68 Å². The molecule has 2 fully saturated rings. The minimum absolute atomic E-state index is 0.308. The Labute approximate surface area is 145 Å². The third kappa shape index (κ3) is 4.18. The molecule has 9 nitrogen and oxygen atoms in total. The maximum absolute atomic E-state index is 12.3. The first kappa shape index (κ1) is 18.3. The van der Waals surface area contributed by atoms with Crippen LogP contribution in [0.2, 0.25) is 0 Å². The van der Waals surface area contributed by atoms with Gasteiger partial charge in [0, 0.05) is 12.7 Å². The lowest BCUT2D eigenvalue weighted by Gasteiger charge is -2.22. The Morgan fingerprint density at radius 2 is 2.04 bits per heavy atom. The molecule has 0 bridgehead atoms. The maximum Gasteiger partial charge on any atom is 0.351 e. The molecule has 25 heavy (non-hydrogen) atoms. The van der Waals surface area contributed by atoms with Crippen molar-refractivity contribution in [2.75, 3.05) is 18.5 Å². The first-order valence-electron chi connectivity index (χ1n) is 8.71. The van der Waals surface area contributed by atoms with Gasteiger partial charge in [0.05, 0.1) is 0 Å². The van der Waals surface area contributed by atoms with Gasteiger partial charge in [-0.2, -0.15) is 4.98 Å². The number of aliphatic hydroxyl groups excluding tert-OH is 2. The zero-order chi connectivity index (χ0) is 17.8. The summed E-state index contributed by atoms with van der Waals surface area (Å²) in [5.74, 6) is 1.09. The number of nitrogens with zero attached hydrogens (tertiary/aromatic N) is 2. The van der Waals surface area contributed by atoms with Gasteiger partial charge in [-0.15, -0.1) is 0 Å². The Morgan fingerprint density at radius 3 is 2.72 bits per heavy atom. The van der Waals surface area contributed by atoms with E-state index in [1.165, 1.54) is 38.3 Å². The molecule has 1 aromatic rings. The lowest BCUT2D eigenvalue weighted by atomic mass is 9.89. The zero-order valence-corrected chi connectivity index (χ0v) is 14.0. The van der Waals surface area contributed by atoms with Crippen molar-refractivity contribution < 1.29 is 25.1 Å². The SMILES string of the molecule is O=c1nc(NCC2CCCCC2)ccn1[C@@H]1O[C@H](COO)C(O)[C@@H]1O. The van der Waals surface area contributed by atoms with Crippen LogP contribution in [0.3, 0.4) is 0 Å². The van der Waals surface area contributed by atoms with Gasteiger partial charge >= 0.3 is 5.69 Å². The molecule has 0 radical (unpaired) electrons. The van der Waals surface area contributed by atoms with E-state index in [9.17, 15) is 15.0 Å². The van der Waals surface area contributed by atoms with Crippen LogP contribution in [-0.4, -0.2) is 56.5 Å². The van der Waals surface area contributed by atoms with E-state index in [2.05, 4.69) is 15.2 Å². The minimum Gasteiger partial charge on any atom is -0.387 e. The highest BCUT2D eigenvalue weighted by molar-refractivity contribution is 5.32. The Kier molecular flexibility index (Phi) is 6.02. The minimum atomic E-state index is -1.32. The van der Waals surface area contributed by atoms with E-state index in [1.807, 2.05) is 0 Å². The number of nitrogens with one attached hydrogen (secondary N) is 1. The fraction of sp³-hybridized carbons (Fsp3) is 0.750. The van der Waals surface area contributed by atoms with Gasteiger partial charge in [0.25, 0.3) is 0 Å². The van der Waals surface area contributed by atoms with Crippen LogP contribution in [0.5, 0.6) is 0 Å². The average molecular weight is 355 g/mol. The monoisotopic (exact) mass is 355 g/mol. The number of ether oxygens (including phenoxy) is 1. The van der Waals surface area contributed by atoms with E-state index in [0.717, 1.165) is 11.1 Å². The highest BCUT2D eigenvalue weighted by atomic mass is 17.1. The van der Waals surface area contributed by atoms with Crippen molar-refractivity contribution in [3.05, 3.63) is 22.7 Å². The molecular formula is C16H25N3O6. The molecule has 1 saturated carbocycles. The summed E-state index contributed by atoms with van der Waals surface area (Å²) in [4.78, 5) is 20.2. The summed E-state index contributed by atoms with van der Waals surface area (Å²) in [5.41, 5.74) is -0.588. The Balaban J connectivity index is 1.64. The van der Waals surface area contributed by atoms with Gasteiger partial charge in [-0.3, -0.25) is 9.82 Å². The van der Waals surface area contributed by atoms with Crippen LogP contribution in [0.4, 0.5) is 5.82 Å². The van der Waals surface area contributed by atoms with Crippen LogP contribution in [0.1, 0.15) is 38.3 Å². The second-order valence-corrected chi connectivity index (χ2v) is 6.73. The van der Waals surface area contributed by atoms with Gasteiger partial charge in [0.1, 0.15) is 30.7 Å². The third-order valence-electron chi connectivity index (χ3n) is 4.98. The normalized spacial score (nSPS) is 30.5. The van der Waals surface area contributed by atoms with Gasteiger partial charge in [-0.1, -0.05) is 19.3 Å². The van der Waals surface area contributed by atoms with E-state index >= 15 is 0 Å². The molecule has 1 unspecified atom stereocenters. The van der Waals surface area contributed by atoms with Crippen LogP contribution in [-0.2, 0) is 9.62 Å². The van der Waals surface area contributed by atoms with Gasteiger partial charge in [0.15, 0.2) is 6.23 Å². The predicted octanol–water partition coefficient (Wildman–Crippen LogP) is 0.344. The summed E-state index contributed by atoms with van der Waals surface area (Å²) in [6.07, 6.45) is 3.05. The summed E-state index contributed by atoms with van der Waals surface area (Å²) in [7, 11) is 0. The summed E-state index contributed by atoms with van der Waals surface area (Å²) >= 11 is 0. The first-order chi connectivity index (χ1) is 12.1. The Morgan fingerprint density at radius 1 is 1.28 bits per heavy atom. The third-order valence-corrected chi connectivity index (χ3v) is 4.98. The standard InChI is InChI=1S/C16H25N3O6/c20-13-11(9-24-23)25-15(14(13)21)19-7-6-12(18-16(19)22)17-8-10-4-2-1-3-5-10/h6-7,10-11,13-15,20-21,23H,1-5,8-9H2,(H,17,18,22)/t11-,13?,14+,15-/m1/s1. The lowest BCUT2D eigenvalue weighted by molar-refractivity contribution is -0.264. The molecule has 4 N–H and O–H groups in total. The number of aromatic nitrogens is 2. The highest BCUT2D eigenvalue weighted by Gasteiger charge is 2.44. The molecule has 9 heteroatoms. The molecule has 4 atom stereocenters. The second kappa shape index (κ2) is 8.24. The van der Waals surface area contributed by atoms with E-state index < -0.39 is 30.2 Å². The summed E-state index contributed by atoms with van der Waals surface area (Å²) in [6, 6.07) is 1.64. The van der Waals surface area contributed by atoms with Crippen molar-refractivity contribution in [2.24, 2.45) is 5.92 Å². The van der Waals surface area contributed by atoms with Gasteiger partial charge in [-0.05, 0) is 24.8 Å². The molecule has 1 aromatic heterocycles. The predicted molar refractivity (Wildman–Crippen MR) is 88.1 cm³/mol. The number of hydrogen-bond acceptors (Lipinski definition) is 8. The van der Waals surface area contributed by atoms with Gasteiger partial charge in [0.2, 0.25) is 0 Å². The van der Waals surface area contributed by atoms with Crippen molar-refractivity contribution in [1.82, 2.24) is 9.55 Å². The molecule has 1 saturated heterocycles. The molecule has 0 amide bonds. The van der Waals surface area contributed by atoms with Gasteiger partial charge < -0.3 is 20.3 Å². The van der Waals surface area contributed by atoms with Crippen molar-refractivity contribution in [3.8, 4) is 0 Å². The molecule has 140 valence electrons. The molecule has 2 aliphatic rings. The van der Waals surface area contributed by atoms with Crippen LogP contribution >= 0.6 is 0 Å². The Hall–Kier alpha value is -1.52. The van der Waals surface area contributed by atoms with Crippen LogP contribution < -0.4 is 11.0 Å². The molecule has 1 aliphatic carbocycles. The van der Waals surface area contributed by atoms with E-state index in [4.69, 9.17) is 9.99 Å². The lowest BCUT2D eigenvalue weighted by Crippen LogP contribution is -2.36. The summed E-state index contributed by atoms with van der Waals surface area (Å²) in [6.45, 7) is 0.478. The number of hydrogen-bond donors (Lipinski definition) is 4. The first-order valence-corrected chi connectivity index (χ1v) is 8.71. The van der Waals surface area contributed by atoms with E-state index in [1.54, 1.807) is 6.07 Å². The topological polar surface area (TPSA) is 126 Å². The van der Waals surface area contributed by atoms with Crippen molar-refractivity contribution in [3.63, 3.8) is 0 Å². The molecule has 0 aromatic carbocycles. The van der Waals surface area contributed by atoms with Crippen LogP contribution in [0.15, 0.2) is 17.1 Å². The largest absolute Gasteiger partial charge is 0.387 e. The van der Waals surface area contributed by atoms with E-state index in [0.29, 0.717) is 11.7 Å². The van der Waals surface area contributed by atoms with Crippen molar-refractivity contribution >= 4 is 5.82 Å². The molecule has 2 heterocycles. The quantitative estimate of drug-likeness (QED) is 0.425. The summed E-state index contributed by atoms with van der Waals surface area (Å²) in [5, 5.41) is 31.6. The zero-order valence-electron chi connectivity index (χ0n) is 14.0. The summed E-state index contributed by atoms with van der Waals surface area (Å²) < 4.78 is 6.53. The maximum atomic E-state index is 12.3. The molecular weight excluding hydrogens is 330 g/mol. The fourth-order valence-corrected chi connectivity index (χ4v) is 3.52. The number of rotatable bonds is 6. The van der Waals surface area contributed by atoms with Crippen molar-refractivity contribution in [2.45, 2.75) is 56.6 Å². The number of aliphatic hydroxyl groups is 2.